The lowest BCUT2D eigenvalue weighted by Gasteiger charge is -2.11. The molecule has 0 amide bonds. The monoisotopic (exact) mass is 437 g/mol. The Morgan fingerprint density at radius 2 is 1.58 bits per heavy atom. The molecule has 0 saturated carbocycles. The molecule has 0 atom stereocenters. The minimum absolute atomic E-state index is 0.219. The van der Waals surface area contributed by atoms with E-state index in [9.17, 15) is 25.0 Å². The molecular weight excluding hydrogens is 426 g/mol. The van der Waals surface area contributed by atoms with Crippen molar-refractivity contribution in [2.75, 3.05) is 5.32 Å². The SMILES string of the molecule is O=C(c1cc([N+](=O)[O-])c(Nc2ccccc2Cl)c([N+](=O)[O-])c1)n1cnc2ccccc21. The van der Waals surface area contributed by atoms with Crippen molar-refractivity contribution < 1.29 is 14.6 Å². The van der Waals surface area contributed by atoms with Crippen LogP contribution in [-0.2, 0) is 0 Å². The zero-order chi connectivity index (χ0) is 22.1. The van der Waals surface area contributed by atoms with Gasteiger partial charge in [-0.1, -0.05) is 35.9 Å². The Kier molecular flexibility index (Phi) is 5.05. The third kappa shape index (κ3) is 3.67. The second-order valence-electron chi connectivity index (χ2n) is 6.42. The molecule has 4 aromatic rings. The number of nitrogens with zero attached hydrogens (tertiary/aromatic N) is 4. The van der Waals surface area contributed by atoms with Crippen molar-refractivity contribution >= 4 is 51.3 Å². The summed E-state index contributed by atoms with van der Waals surface area (Å²) >= 11 is 6.08. The highest BCUT2D eigenvalue weighted by Gasteiger charge is 2.30. The number of aromatic nitrogens is 2. The molecule has 11 heteroatoms. The summed E-state index contributed by atoms with van der Waals surface area (Å²) in [6, 6.07) is 15.1. The number of nitro benzene ring substituents is 2. The van der Waals surface area contributed by atoms with Gasteiger partial charge in [0.2, 0.25) is 0 Å². The van der Waals surface area contributed by atoms with E-state index in [1.165, 1.54) is 23.0 Å². The van der Waals surface area contributed by atoms with Gasteiger partial charge in [0, 0.05) is 12.1 Å². The first-order valence-electron chi connectivity index (χ1n) is 8.82. The lowest BCUT2D eigenvalue weighted by atomic mass is 10.1. The van der Waals surface area contributed by atoms with Crippen molar-refractivity contribution in [2.45, 2.75) is 0 Å². The third-order valence-electron chi connectivity index (χ3n) is 4.54. The molecule has 0 aliphatic rings. The summed E-state index contributed by atoms with van der Waals surface area (Å²) in [7, 11) is 0. The van der Waals surface area contributed by atoms with Gasteiger partial charge in [-0.25, -0.2) is 4.98 Å². The second-order valence-corrected chi connectivity index (χ2v) is 6.82. The first-order chi connectivity index (χ1) is 14.9. The molecule has 0 bridgehead atoms. The van der Waals surface area contributed by atoms with Gasteiger partial charge in [-0.2, -0.15) is 0 Å². The number of carbonyl (C=O) groups is 1. The minimum Gasteiger partial charge on any atom is -0.343 e. The standard InChI is InChI=1S/C20H12ClN5O5/c21-13-5-1-2-6-14(13)23-19-17(25(28)29)9-12(10-18(19)26(30)31)20(27)24-11-22-15-7-3-4-8-16(15)24/h1-11,23H. The lowest BCUT2D eigenvalue weighted by Crippen LogP contribution is -2.13. The lowest BCUT2D eigenvalue weighted by molar-refractivity contribution is -0.392. The number of nitro groups is 2. The van der Waals surface area contributed by atoms with Gasteiger partial charge in [-0.3, -0.25) is 29.6 Å². The number of benzene rings is 3. The summed E-state index contributed by atoms with van der Waals surface area (Å²) in [5.74, 6) is -0.691. The fourth-order valence-corrected chi connectivity index (χ4v) is 3.29. The first-order valence-corrected chi connectivity index (χ1v) is 9.20. The topological polar surface area (TPSA) is 133 Å². The summed E-state index contributed by atoms with van der Waals surface area (Å²) in [4.78, 5) is 39.0. The van der Waals surface area contributed by atoms with Crippen molar-refractivity contribution in [1.82, 2.24) is 9.55 Å². The predicted molar refractivity (Wildman–Crippen MR) is 114 cm³/mol. The Hall–Kier alpha value is -4.31. The molecule has 4 rings (SSSR count). The van der Waals surface area contributed by atoms with Crippen molar-refractivity contribution in [3.8, 4) is 0 Å². The average Bonchev–Trinajstić information content (AvgIpc) is 3.18. The Morgan fingerprint density at radius 3 is 2.23 bits per heavy atom. The Balaban J connectivity index is 1.87. The van der Waals surface area contributed by atoms with E-state index in [0.717, 1.165) is 12.1 Å². The third-order valence-corrected chi connectivity index (χ3v) is 4.87. The van der Waals surface area contributed by atoms with E-state index in [0.29, 0.717) is 11.0 Å². The van der Waals surface area contributed by atoms with Crippen LogP contribution in [0.4, 0.5) is 22.7 Å². The number of rotatable bonds is 5. The fourth-order valence-electron chi connectivity index (χ4n) is 3.11. The zero-order valence-corrected chi connectivity index (χ0v) is 16.3. The van der Waals surface area contributed by atoms with E-state index < -0.39 is 27.1 Å². The molecule has 0 aliphatic carbocycles. The number of anilines is 2. The van der Waals surface area contributed by atoms with Crippen LogP contribution in [0.2, 0.25) is 5.02 Å². The van der Waals surface area contributed by atoms with Crippen LogP contribution in [-0.4, -0.2) is 25.3 Å². The summed E-state index contributed by atoms with van der Waals surface area (Å²) < 4.78 is 1.18. The van der Waals surface area contributed by atoms with Gasteiger partial charge in [-0.15, -0.1) is 0 Å². The van der Waals surface area contributed by atoms with Crippen molar-refractivity contribution in [3.05, 3.63) is 97.8 Å². The van der Waals surface area contributed by atoms with E-state index in [4.69, 9.17) is 11.6 Å². The normalized spacial score (nSPS) is 10.7. The van der Waals surface area contributed by atoms with E-state index in [1.807, 2.05) is 0 Å². The number of hydrogen-bond acceptors (Lipinski definition) is 7. The second kappa shape index (κ2) is 7.84. The summed E-state index contributed by atoms with van der Waals surface area (Å²) in [6.07, 6.45) is 1.26. The van der Waals surface area contributed by atoms with Crippen molar-refractivity contribution in [1.29, 1.82) is 0 Å². The summed E-state index contributed by atoms with van der Waals surface area (Å²) in [6.45, 7) is 0. The molecule has 154 valence electrons. The molecule has 0 radical (unpaired) electrons. The van der Waals surface area contributed by atoms with Crippen molar-refractivity contribution in [2.24, 2.45) is 0 Å². The van der Waals surface area contributed by atoms with Crippen LogP contribution < -0.4 is 5.32 Å². The molecule has 31 heavy (non-hydrogen) atoms. The largest absolute Gasteiger partial charge is 0.343 e. The highest BCUT2D eigenvalue weighted by atomic mass is 35.5. The van der Waals surface area contributed by atoms with Gasteiger partial charge in [0.25, 0.3) is 5.91 Å². The Bertz CT molecular complexity index is 1330. The van der Waals surface area contributed by atoms with E-state index in [1.54, 1.807) is 36.4 Å². The highest BCUT2D eigenvalue weighted by molar-refractivity contribution is 6.33. The van der Waals surface area contributed by atoms with Gasteiger partial charge in [0.1, 0.15) is 6.33 Å². The molecule has 3 aromatic carbocycles. The van der Waals surface area contributed by atoms with Crippen LogP contribution in [0.3, 0.4) is 0 Å². The molecular formula is C20H12ClN5O5. The predicted octanol–water partition coefficient (Wildman–Crippen LogP) is 4.94. The first kappa shape index (κ1) is 20.0. The van der Waals surface area contributed by atoms with E-state index in [-0.39, 0.29) is 22.0 Å². The van der Waals surface area contributed by atoms with Crippen LogP contribution in [0.15, 0.2) is 67.0 Å². The smallest absolute Gasteiger partial charge is 0.300 e. The molecule has 0 unspecified atom stereocenters. The van der Waals surface area contributed by atoms with Crippen LogP contribution in [0.1, 0.15) is 10.4 Å². The van der Waals surface area contributed by atoms with E-state index in [2.05, 4.69) is 10.3 Å². The van der Waals surface area contributed by atoms with Gasteiger partial charge < -0.3 is 5.32 Å². The van der Waals surface area contributed by atoms with Gasteiger partial charge in [0.05, 0.1) is 37.2 Å². The highest BCUT2D eigenvalue weighted by Crippen LogP contribution is 2.39. The Morgan fingerprint density at radius 1 is 0.968 bits per heavy atom. The van der Waals surface area contributed by atoms with Crippen LogP contribution in [0.5, 0.6) is 0 Å². The molecule has 10 nitrogen and oxygen atoms in total. The number of imidazole rings is 1. The van der Waals surface area contributed by atoms with Crippen LogP contribution in [0, 0.1) is 20.2 Å². The quantitative estimate of drug-likeness (QED) is 0.345. The zero-order valence-electron chi connectivity index (χ0n) is 15.6. The number of hydrogen-bond donors (Lipinski definition) is 1. The summed E-state index contributed by atoms with van der Waals surface area (Å²) in [5.41, 5.74) is -0.631. The van der Waals surface area contributed by atoms with Crippen molar-refractivity contribution in [3.63, 3.8) is 0 Å². The van der Waals surface area contributed by atoms with E-state index >= 15 is 0 Å². The molecule has 1 N–H and O–H groups in total. The number of para-hydroxylation sites is 3. The van der Waals surface area contributed by atoms with Crippen LogP contribution >= 0.6 is 11.6 Å². The maximum Gasteiger partial charge on any atom is 0.300 e. The maximum absolute atomic E-state index is 13.0. The van der Waals surface area contributed by atoms with Gasteiger partial charge >= 0.3 is 11.4 Å². The van der Waals surface area contributed by atoms with Gasteiger partial charge in [0.15, 0.2) is 5.69 Å². The maximum atomic E-state index is 13.0. The minimum atomic E-state index is -0.797. The molecule has 0 saturated heterocycles. The molecule has 0 aliphatic heterocycles. The van der Waals surface area contributed by atoms with Gasteiger partial charge in [-0.05, 0) is 24.3 Å². The molecule has 0 fully saturated rings. The number of nitrogens with one attached hydrogen (secondary N) is 1. The number of fused-ring (bicyclic) bond motifs is 1. The fraction of sp³-hybridized carbons (Fsp3) is 0. The molecule has 0 spiro atoms. The Labute approximate surface area is 179 Å². The molecule has 1 aromatic heterocycles. The summed E-state index contributed by atoms with van der Waals surface area (Å²) in [5, 5.41) is 26.3. The number of carbonyl (C=O) groups excluding carboxylic acids is 1. The molecule has 1 heterocycles. The number of halogens is 1. The van der Waals surface area contributed by atoms with Crippen LogP contribution in [0.25, 0.3) is 11.0 Å². The average molecular weight is 438 g/mol.